The van der Waals surface area contributed by atoms with Crippen LogP contribution >= 0.6 is 11.6 Å². The molecule has 0 aliphatic carbocycles. The summed E-state index contributed by atoms with van der Waals surface area (Å²) >= 11 is 5.83. The number of aromatic amines is 1. The zero-order valence-electron chi connectivity index (χ0n) is 14.9. The highest BCUT2D eigenvalue weighted by atomic mass is 35.5. The fraction of sp³-hybridized carbons (Fsp3) is 0.227. The van der Waals surface area contributed by atoms with Crippen LogP contribution in [0.4, 0.5) is 0 Å². The molecule has 0 radical (unpaired) electrons. The number of carbonyl (C=O) groups is 1. The van der Waals surface area contributed by atoms with Crippen molar-refractivity contribution in [1.82, 2.24) is 9.88 Å². The number of alkyl halides is 1. The van der Waals surface area contributed by atoms with Gasteiger partial charge >= 0.3 is 0 Å². The second-order valence-corrected chi connectivity index (χ2v) is 6.73. The third-order valence-electron chi connectivity index (χ3n) is 4.45. The standard InChI is InChI=1S/C22H23ClN2O/c1-17(13-18-7-3-2-4-8-18)16-25(22(26)14-23)12-11-19-15-24-21-10-6-5-9-20(19)21/h2-10,13,15,24H,11-12,14,16H2,1H3/b17-13+. The maximum atomic E-state index is 12.3. The molecule has 134 valence electrons. The zero-order chi connectivity index (χ0) is 18.4. The lowest BCUT2D eigenvalue weighted by Gasteiger charge is -2.22. The SMILES string of the molecule is C/C(=C\c1ccccc1)CN(CCc1c[nH]c2ccccc12)C(=O)CCl. The van der Waals surface area contributed by atoms with Crippen LogP contribution in [-0.4, -0.2) is 34.8 Å². The molecule has 26 heavy (non-hydrogen) atoms. The van der Waals surface area contributed by atoms with Crippen molar-refractivity contribution < 1.29 is 4.79 Å². The van der Waals surface area contributed by atoms with E-state index in [2.05, 4.69) is 35.3 Å². The minimum absolute atomic E-state index is 0.00645. The molecule has 0 aliphatic rings. The molecule has 3 nitrogen and oxygen atoms in total. The predicted octanol–water partition coefficient (Wildman–Crippen LogP) is 4.88. The van der Waals surface area contributed by atoms with E-state index in [0.717, 1.165) is 23.1 Å². The van der Waals surface area contributed by atoms with Gasteiger partial charge < -0.3 is 9.88 Å². The Morgan fingerprint density at radius 3 is 2.62 bits per heavy atom. The average molecular weight is 367 g/mol. The number of benzene rings is 2. The van der Waals surface area contributed by atoms with Crippen molar-refractivity contribution in [2.24, 2.45) is 0 Å². The van der Waals surface area contributed by atoms with Gasteiger partial charge in [0.25, 0.3) is 0 Å². The summed E-state index contributed by atoms with van der Waals surface area (Å²) in [6.07, 6.45) is 4.94. The lowest BCUT2D eigenvalue weighted by Crippen LogP contribution is -2.35. The zero-order valence-corrected chi connectivity index (χ0v) is 15.7. The lowest BCUT2D eigenvalue weighted by molar-refractivity contribution is -0.128. The molecule has 0 unspecified atom stereocenters. The molecule has 2 aromatic carbocycles. The van der Waals surface area contributed by atoms with E-state index in [0.29, 0.717) is 13.1 Å². The monoisotopic (exact) mass is 366 g/mol. The average Bonchev–Trinajstić information content (AvgIpc) is 3.08. The van der Waals surface area contributed by atoms with E-state index >= 15 is 0 Å². The van der Waals surface area contributed by atoms with Gasteiger partial charge in [-0.3, -0.25) is 4.79 Å². The number of halogens is 1. The van der Waals surface area contributed by atoms with Gasteiger partial charge in [0.1, 0.15) is 5.88 Å². The molecule has 0 aliphatic heterocycles. The fourth-order valence-corrected chi connectivity index (χ4v) is 3.32. The van der Waals surface area contributed by atoms with Crippen molar-refractivity contribution in [1.29, 1.82) is 0 Å². The van der Waals surface area contributed by atoms with E-state index in [1.165, 1.54) is 10.9 Å². The number of nitrogens with one attached hydrogen (secondary N) is 1. The minimum atomic E-state index is -0.0349. The molecule has 0 saturated carbocycles. The van der Waals surface area contributed by atoms with Gasteiger partial charge in [0, 0.05) is 30.2 Å². The summed E-state index contributed by atoms with van der Waals surface area (Å²) in [5, 5.41) is 1.21. The smallest absolute Gasteiger partial charge is 0.237 e. The van der Waals surface area contributed by atoms with Crippen LogP contribution in [-0.2, 0) is 11.2 Å². The Morgan fingerprint density at radius 1 is 1.12 bits per heavy atom. The summed E-state index contributed by atoms with van der Waals surface area (Å²) in [5.41, 5.74) is 4.61. The number of hydrogen-bond acceptors (Lipinski definition) is 1. The summed E-state index contributed by atoms with van der Waals surface area (Å²) in [7, 11) is 0. The van der Waals surface area contributed by atoms with E-state index in [4.69, 9.17) is 11.6 Å². The number of amides is 1. The van der Waals surface area contributed by atoms with Crippen LogP contribution < -0.4 is 0 Å². The number of hydrogen-bond donors (Lipinski definition) is 1. The Kier molecular flexibility index (Phi) is 6.13. The Balaban J connectivity index is 1.70. The number of rotatable bonds is 7. The molecule has 1 aromatic heterocycles. The van der Waals surface area contributed by atoms with Crippen molar-refractivity contribution in [3.8, 4) is 0 Å². The highest BCUT2D eigenvalue weighted by molar-refractivity contribution is 6.27. The Bertz CT molecular complexity index is 899. The van der Waals surface area contributed by atoms with E-state index < -0.39 is 0 Å². The van der Waals surface area contributed by atoms with Crippen molar-refractivity contribution >= 4 is 34.5 Å². The molecule has 1 amide bonds. The van der Waals surface area contributed by atoms with E-state index in [9.17, 15) is 4.79 Å². The summed E-state index contributed by atoms with van der Waals surface area (Å²) in [6.45, 7) is 3.28. The van der Waals surface area contributed by atoms with Crippen molar-refractivity contribution in [2.75, 3.05) is 19.0 Å². The number of nitrogens with zero attached hydrogens (tertiary/aromatic N) is 1. The molecule has 4 heteroatoms. The maximum absolute atomic E-state index is 12.3. The summed E-state index contributed by atoms with van der Waals surface area (Å²) < 4.78 is 0. The second kappa shape index (κ2) is 8.72. The molecular formula is C22H23ClN2O. The topological polar surface area (TPSA) is 36.1 Å². The number of H-pyrrole nitrogens is 1. The normalized spacial score (nSPS) is 11.7. The predicted molar refractivity (Wildman–Crippen MR) is 109 cm³/mol. The molecule has 0 saturated heterocycles. The minimum Gasteiger partial charge on any atom is -0.361 e. The number of fused-ring (bicyclic) bond motifs is 1. The number of aromatic nitrogens is 1. The van der Waals surface area contributed by atoms with Gasteiger partial charge in [-0.2, -0.15) is 0 Å². The second-order valence-electron chi connectivity index (χ2n) is 6.46. The van der Waals surface area contributed by atoms with E-state index in [1.54, 1.807) is 0 Å². The molecule has 0 bridgehead atoms. The lowest BCUT2D eigenvalue weighted by atomic mass is 10.1. The molecular weight excluding hydrogens is 344 g/mol. The first-order valence-electron chi connectivity index (χ1n) is 8.78. The van der Waals surface area contributed by atoms with Gasteiger partial charge in [0.2, 0.25) is 5.91 Å². The number of carbonyl (C=O) groups excluding carboxylic acids is 1. The molecule has 3 rings (SSSR count). The van der Waals surface area contributed by atoms with Crippen LogP contribution in [0.5, 0.6) is 0 Å². The highest BCUT2D eigenvalue weighted by Crippen LogP contribution is 2.18. The fourth-order valence-electron chi connectivity index (χ4n) is 3.15. The Morgan fingerprint density at radius 2 is 1.85 bits per heavy atom. The summed E-state index contributed by atoms with van der Waals surface area (Å²) in [4.78, 5) is 17.4. The van der Waals surface area contributed by atoms with Gasteiger partial charge in [-0.15, -0.1) is 11.6 Å². The van der Waals surface area contributed by atoms with Gasteiger partial charge in [-0.1, -0.05) is 60.2 Å². The Hall–Kier alpha value is -2.52. The summed E-state index contributed by atoms with van der Waals surface area (Å²) in [6, 6.07) is 18.4. The van der Waals surface area contributed by atoms with Crippen LogP contribution in [0.15, 0.2) is 66.4 Å². The van der Waals surface area contributed by atoms with Crippen LogP contribution in [0.3, 0.4) is 0 Å². The van der Waals surface area contributed by atoms with E-state index in [1.807, 2.05) is 48.4 Å². The van der Waals surface area contributed by atoms with Gasteiger partial charge in [-0.05, 0) is 30.5 Å². The number of para-hydroxylation sites is 1. The summed E-state index contributed by atoms with van der Waals surface area (Å²) in [5.74, 6) is -0.0284. The maximum Gasteiger partial charge on any atom is 0.237 e. The van der Waals surface area contributed by atoms with Crippen LogP contribution in [0.25, 0.3) is 17.0 Å². The Labute approximate surface area is 159 Å². The largest absolute Gasteiger partial charge is 0.361 e. The van der Waals surface area contributed by atoms with Crippen molar-refractivity contribution in [3.05, 3.63) is 77.5 Å². The van der Waals surface area contributed by atoms with Crippen LogP contribution in [0.1, 0.15) is 18.1 Å². The molecule has 1 N–H and O–H groups in total. The molecule has 3 aromatic rings. The first-order valence-corrected chi connectivity index (χ1v) is 9.32. The molecule has 0 fully saturated rings. The molecule has 0 spiro atoms. The van der Waals surface area contributed by atoms with Crippen molar-refractivity contribution in [2.45, 2.75) is 13.3 Å². The van der Waals surface area contributed by atoms with Crippen LogP contribution in [0.2, 0.25) is 0 Å². The first-order chi connectivity index (χ1) is 12.7. The first kappa shape index (κ1) is 18.3. The van der Waals surface area contributed by atoms with Gasteiger partial charge in [-0.25, -0.2) is 0 Å². The van der Waals surface area contributed by atoms with Gasteiger partial charge in [0.15, 0.2) is 0 Å². The quantitative estimate of drug-likeness (QED) is 0.594. The third kappa shape index (κ3) is 4.55. The highest BCUT2D eigenvalue weighted by Gasteiger charge is 2.14. The van der Waals surface area contributed by atoms with Crippen LogP contribution in [0, 0.1) is 0 Å². The van der Waals surface area contributed by atoms with Crippen molar-refractivity contribution in [3.63, 3.8) is 0 Å². The molecule has 0 atom stereocenters. The third-order valence-corrected chi connectivity index (χ3v) is 4.67. The van der Waals surface area contributed by atoms with E-state index in [-0.39, 0.29) is 11.8 Å². The molecule has 1 heterocycles. The van der Waals surface area contributed by atoms with Gasteiger partial charge in [0.05, 0.1) is 0 Å².